The molecule has 0 saturated heterocycles. The van der Waals surface area contributed by atoms with Gasteiger partial charge in [-0.1, -0.05) is 62.4 Å². The first-order chi connectivity index (χ1) is 15.3. The van der Waals surface area contributed by atoms with Gasteiger partial charge in [-0.2, -0.15) is 8.78 Å². The minimum absolute atomic E-state index is 0.0416. The van der Waals surface area contributed by atoms with Crippen LogP contribution in [0.15, 0.2) is 48.5 Å². The van der Waals surface area contributed by atoms with Gasteiger partial charge in [0.1, 0.15) is 5.82 Å². The van der Waals surface area contributed by atoms with Crippen molar-refractivity contribution in [3.8, 4) is 11.4 Å². The standard InChI is InChI=1S/C23H25F2N7/c1-4-15(2)21-26-22(23(3,24)25)29-32(21)14-17-11-9-16(10-12-17)13-18-7-5-6-8-19(18)20-27-30-31-28-20/h5-12,15H,4,13-14H2,1-3H3,(H,27,28,30,31). The molecule has 0 aliphatic carbocycles. The third-order valence-electron chi connectivity index (χ3n) is 5.51. The van der Waals surface area contributed by atoms with Crippen LogP contribution < -0.4 is 0 Å². The molecule has 9 heteroatoms. The van der Waals surface area contributed by atoms with Gasteiger partial charge in [0.2, 0.25) is 5.82 Å². The highest BCUT2D eigenvalue weighted by Gasteiger charge is 2.32. The Bertz CT molecular complexity index is 1160. The van der Waals surface area contributed by atoms with E-state index < -0.39 is 11.7 Å². The number of hydrogen-bond donors (Lipinski definition) is 1. The quantitative estimate of drug-likeness (QED) is 0.431. The molecule has 2 heterocycles. The van der Waals surface area contributed by atoms with E-state index in [9.17, 15) is 8.78 Å². The van der Waals surface area contributed by atoms with Crippen molar-refractivity contribution < 1.29 is 8.78 Å². The summed E-state index contributed by atoms with van der Waals surface area (Å²) in [5.74, 6) is -2.24. The van der Waals surface area contributed by atoms with Gasteiger partial charge >= 0.3 is 5.92 Å². The normalized spacial score (nSPS) is 12.8. The first kappa shape index (κ1) is 21.7. The summed E-state index contributed by atoms with van der Waals surface area (Å²) in [6, 6.07) is 16.0. The third-order valence-corrected chi connectivity index (χ3v) is 5.51. The summed E-state index contributed by atoms with van der Waals surface area (Å²) in [6.07, 6.45) is 1.51. The van der Waals surface area contributed by atoms with Crippen LogP contribution >= 0.6 is 0 Å². The number of halogens is 2. The van der Waals surface area contributed by atoms with Crippen molar-refractivity contribution in [2.75, 3.05) is 0 Å². The lowest BCUT2D eigenvalue weighted by Crippen LogP contribution is -2.11. The summed E-state index contributed by atoms with van der Waals surface area (Å²) in [7, 11) is 0. The molecule has 7 nitrogen and oxygen atoms in total. The largest absolute Gasteiger partial charge is 0.305 e. The Morgan fingerprint density at radius 2 is 1.78 bits per heavy atom. The number of hydrogen-bond acceptors (Lipinski definition) is 5. The van der Waals surface area contributed by atoms with Gasteiger partial charge in [0.25, 0.3) is 0 Å². The molecular formula is C23H25F2N7. The molecule has 32 heavy (non-hydrogen) atoms. The van der Waals surface area contributed by atoms with E-state index >= 15 is 0 Å². The second-order valence-electron chi connectivity index (χ2n) is 8.05. The van der Waals surface area contributed by atoms with E-state index in [4.69, 9.17) is 0 Å². The minimum atomic E-state index is -3.07. The monoisotopic (exact) mass is 437 g/mol. The van der Waals surface area contributed by atoms with Crippen molar-refractivity contribution in [3.63, 3.8) is 0 Å². The smallest absolute Gasteiger partial charge is 0.245 e. The van der Waals surface area contributed by atoms with Crippen molar-refractivity contribution in [2.24, 2.45) is 0 Å². The van der Waals surface area contributed by atoms with Crippen LogP contribution in [0.25, 0.3) is 11.4 Å². The van der Waals surface area contributed by atoms with Crippen LogP contribution in [0.2, 0.25) is 0 Å². The van der Waals surface area contributed by atoms with Crippen LogP contribution in [-0.4, -0.2) is 35.4 Å². The lowest BCUT2D eigenvalue weighted by Gasteiger charge is -2.11. The zero-order valence-electron chi connectivity index (χ0n) is 18.3. The molecule has 0 aliphatic rings. The van der Waals surface area contributed by atoms with Gasteiger partial charge in [0, 0.05) is 18.4 Å². The molecule has 0 spiro atoms. The fourth-order valence-corrected chi connectivity index (χ4v) is 3.54. The highest BCUT2D eigenvalue weighted by molar-refractivity contribution is 5.60. The minimum Gasteiger partial charge on any atom is -0.245 e. The molecule has 0 saturated carbocycles. The first-order valence-electron chi connectivity index (χ1n) is 10.6. The predicted octanol–water partition coefficient (Wildman–Crippen LogP) is 4.72. The molecule has 2 aromatic carbocycles. The number of nitrogens with one attached hydrogen (secondary N) is 1. The highest BCUT2D eigenvalue weighted by atomic mass is 19.3. The van der Waals surface area contributed by atoms with Gasteiger partial charge in [0.05, 0.1) is 6.54 Å². The first-order valence-corrected chi connectivity index (χ1v) is 10.6. The maximum absolute atomic E-state index is 13.8. The van der Waals surface area contributed by atoms with Crippen LogP contribution in [0.5, 0.6) is 0 Å². The van der Waals surface area contributed by atoms with Crippen molar-refractivity contribution in [3.05, 3.63) is 76.9 Å². The van der Waals surface area contributed by atoms with Gasteiger partial charge in [-0.15, -0.1) is 10.2 Å². The Kier molecular flexibility index (Phi) is 6.07. The highest BCUT2D eigenvalue weighted by Crippen LogP contribution is 2.27. The molecule has 1 N–H and O–H groups in total. The zero-order chi connectivity index (χ0) is 22.7. The van der Waals surface area contributed by atoms with Crippen LogP contribution in [-0.2, 0) is 18.9 Å². The van der Waals surface area contributed by atoms with Gasteiger partial charge in [-0.05, 0) is 40.0 Å². The van der Waals surface area contributed by atoms with Gasteiger partial charge < -0.3 is 0 Å². The molecule has 1 atom stereocenters. The second-order valence-corrected chi connectivity index (χ2v) is 8.05. The van der Waals surface area contributed by atoms with E-state index in [2.05, 4.69) is 30.7 Å². The maximum Gasteiger partial charge on any atom is 0.305 e. The number of nitrogens with zero attached hydrogens (tertiary/aromatic N) is 6. The number of alkyl halides is 2. The fraction of sp³-hybridized carbons (Fsp3) is 0.348. The molecule has 4 rings (SSSR count). The van der Waals surface area contributed by atoms with Crippen molar-refractivity contribution in [2.45, 2.75) is 52.0 Å². The van der Waals surface area contributed by atoms with E-state index in [-0.39, 0.29) is 5.92 Å². The lowest BCUT2D eigenvalue weighted by atomic mass is 9.98. The Morgan fingerprint density at radius 3 is 2.44 bits per heavy atom. The number of rotatable bonds is 8. The second kappa shape index (κ2) is 8.94. The SMILES string of the molecule is CCC(C)c1nc(C(C)(F)F)nn1Cc1ccc(Cc2ccccc2-c2nnn[nH]2)cc1. The molecule has 4 aromatic rings. The molecule has 0 radical (unpaired) electrons. The summed E-state index contributed by atoms with van der Waals surface area (Å²) in [6.45, 7) is 5.20. The van der Waals surface area contributed by atoms with E-state index in [0.29, 0.717) is 24.6 Å². The fourth-order valence-electron chi connectivity index (χ4n) is 3.54. The summed E-state index contributed by atoms with van der Waals surface area (Å²) < 4.78 is 29.2. The summed E-state index contributed by atoms with van der Waals surface area (Å²) >= 11 is 0. The van der Waals surface area contributed by atoms with E-state index in [1.807, 2.05) is 62.4 Å². The number of H-pyrrole nitrogens is 1. The summed E-state index contributed by atoms with van der Waals surface area (Å²) in [5.41, 5.74) is 4.15. The van der Waals surface area contributed by atoms with Crippen LogP contribution in [0.1, 0.15) is 61.4 Å². The molecule has 2 aromatic heterocycles. The molecule has 0 fully saturated rings. The molecule has 1 unspecified atom stereocenters. The van der Waals surface area contributed by atoms with E-state index in [0.717, 1.165) is 35.6 Å². The van der Waals surface area contributed by atoms with Gasteiger partial charge in [-0.3, -0.25) is 0 Å². The van der Waals surface area contributed by atoms with Crippen molar-refractivity contribution >= 4 is 0 Å². The predicted molar refractivity (Wildman–Crippen MR) is 116 cm³/mol. The molecule has 166 valence electrons. The number of aromatic amines is 1. The molecule has 0 bridgehead atoms. The average Bonchev–Trinajstić information content (AvgIpc) is 3.45. The van der Waals surface area contributed by atoms with Gasteiger partial charge in [-0.25, -0.2) is 14.8 Å². The van der Waals surface area contributed by atoms with Crippen LogP contribution in [0.4, 0.5) is 8.78 Å². The Balaban J connectivity index is 1.54. The maximum atomic E-state index is 13.8. The number of tetrazole rings is 1. The Labute approximate surface area is 184 Å². The molecule has 0 amide bonds. The van der Waals surface area contributed by atoms with E-state index in [1.54, 1.807) is 4.68 Å². The van der Waals surface area contributed by atoms with Gasteiger partial charge in [0.15, 0.2) is 5.82 Å². The lowest BCUT2D eigenvalue weighted by molar-refractivity contribution is 0.00755. The number of benzene rings is 2. The van der Waals surface area contributed by atoms with Crippen molar-refractivity contribution in [1.29, 1.82) is 0 Å². The Hall–Kier alpha value is -3.49. The molecule has 0 aliphatic heterocycles. The summed E-state index contributed by atoms with van der Waals surface area (Å²) in [5, 5.41) is 18.2. The van der Waals surface area contributed by atoms with Crippen molar-refractivity contribution in [1.82, 2.24) is 35.4 Å². The van der Waals surface area contributed by atoms with E-state index in [1.165, 1.54) is 0 Å². The topological polar surface area (TPSA) is 85.2 Å². The zero-order valence-corrected chi connectivity index (χ0v) is 18.3. The average molecular weight is 437 g/mol. The Morgan fingerprint density at radius 1 is 1.06 bits per heavy atom. The van der Waals surface area contributed by atoms with Crippen LogP contribution in [0.3, 0.4) is 0 Å². The number of aromatic nitrogens is 7. The molecular weight excluding hydrogens is 412 g/mol. The van der Waals surface area contributed by atoms with Crippen LogP contribution in [0, 0.1) is 0 Å². The summed E-state index contributed by atoms with van der Waals surface area (Å²) in [4.78, 5) is 4.14. The third kappa shape index (κ3) is 4.71.